The van der Waals surface area contributed by atoms with Gasteiger partial charge in [-0.3, -0.25) is 4.90 Å². The van der Waals surface area contributed by atoms with Crippen molar-refractivity contribution in [1.82, 2.24) is 4.90 Å². The van der Waals surface area contributed by atoms with E-state index < -0.39 is 23.7 Å². The van der Waals surface area contributed by atoms with E-state index in [-0.39, 0.29) is 6.61 Å². The predicted octanol–water partition coefficient (Wildman–Crippen LogP) is 4.21. The fraction of sp³-hybridized carbons (Fsp3) is 0.364. The number of nitrogens with zero attached hydrogens (tertiary/aromatic N) is 1. The summed E-state index contributed by atoms with van der Waals surface area (Å²) in [5.74, 6) is -0.462. The maximum absolute atomic E-state index is 12.8. The van der Waals surface area contributed by atoms with Gasteiger partial charge in [0.05, 0.1) is 0 Å². The predicted molar refractivity (Wildman–Crippen MR) is 104 cm³/mol. The van der Waals surface area contributed by atoms with Crippen LogP contribution >= 0.6 is 0 Å². The molecule has 0 unspecified atom stereocenters. The molecule has 5 nitrogen and oxygen atoms in total. The Balaban J connectivity index is 2.12. The van der Waals surface area contributed by atoms with Gasteiger partial charge in [0.25, 0.3) is 0 Å². The molecule has 0 radical (unpaired) electrons. The average molecular weight is 369 g/mol. The second kappa shape index (κ2) is 9.21. The lowest BCUT2D eigenvalue weighted by Gasteiger charge is -2.29. The zero-order chi connectivity index (χ0) is 19.9. The van der Waals surface area contributed by atoms with Crippen molar-refractivity contribution < 1.29 is 19.1 Å². The first-order valence-electron chi connectivity index (χ1n) is 8.96. The smallest absolute Gasteiger partial charge is 0.410 e. The van der Waals surface area contributed by atoms with Crippen LogP contribution in [0, 0.1) is 0 Å². The number of esters is 1. The molecule has 2 rings (SSSR count). The highest BCUT2D eigenvalue weighted by Crippen LogP contribution is 2.15. The third-order valence-corrected chi connectivity index (χ3v) is 3.92. The second-order valence-corrected chi connectivity index (χ2v) is 7.39. The van der Waals surface area contributed by atoms with Crippen molar-refractivity contribution in [3.05, 3.63) is 71.8 Å². The van der Waals surface area contributed by atoms with Crippen LogP contribution in [-0.2, 0) is 27.3 Å². The third kappa shape index (κ3) is 6.77. The Kier molecular flexibility index (Phi) is 6.99. The van der Waals surface area contributed by atoms with Gasteiger partial charge in [0.1, 0.15) is 18.2 Å². The fourth-order valence-corrected chi connectivity index (χ4v) is 2.50. The van der Waals surface area contributed by atoms with E-state index in [1.54, 1.807) is 27.8 Å². The van der Waals surface area contributed by atoms with E-state index >= 15 is 0 Å². The lowest BCUT2D eigenvalue weighted by molar-refractivity contribution is -0.150. The van der Waals surface area contributed by atoms with E-state index in [1.165, 1.54) is 4.90 Å². The van der Waals surface area contributed by atoms with Crippen molar-refractivity contribution in [3.63, 3.8) is 0 Å². The third-order valence-electron chi connectivity index (χ3n) is 3.92. The SMILES string of the molecule is CN(C(=O)OC(C)(C)C)[C@@H](Cc1ccccc1)C(=O)OCc1ccccc1. The van der Waals surface area contributed by atoms with Gasteiger partial charge in [-0.25, -0.2) is 9.59 Å². The van der Waals surface area contributed by atoms with Crippen LogP contribution in [0.15, 0.2) is 60.7 Å². The van der Waals surface area contributed by atoms with Gasteiger partial charge in [0.2, 0.25) is 0 Å². The minimum absolute atomic E-state index is 0.160. The molecular formula is C22H27NO4. The van der Waals surface area contributed by atoms with E-state index in [9.17, 15) is 9.59 Å². The summed E-state index contributed by atoms with van der Waals surface area (Å²) in [7, 11) is 1.56. The van der Waals surface area contributed by atoms with Crippen molar-refractivity contribution in [1.29, 1.82) is 0 Å². The summed E-state index contributed by atoms with van der Waals surface area (Å²) in [6, 6.07) is 18.2. The molecule has 5 heteroatoms. The number of hydrogen-bond donors (Lipinski definition) is 0. The van der Waals surface area contributed by atoms with Gasteiger partial charge in [-0.05, 0) is 31.9 Å². The Morgan fingerprint density at radius 2 is 1.44 bits per heavy atom. The number of carbonyl (C=O) groups is 2. The first-order chi connectivity index (χ1) is 12.8. The lowest BCUT2D eigenvalue weighted by atomic mass is 10.1. The van der Waals surface area contributed by atoms with Gasteiger partial charge in [0.15, 0.2) is 0 Å². The Morgan fingerprint density at radius 1 is 0.926 bits per heavy atom. The topological polar surface area (TPSA) is 55.8 Å². The normalized spacial score (nSPS) is 12.1. The van der Waals surface area contributed by atoms with Crippen LogP contribution in [0.1, 0.15) is 31.9 Å². The summed E-state index contributed by atoms with van der Waals surface area (Å²) in [5.41, 5.74) is 1.19. The van der Waals surface area contributed by atoms with Crippen LogP contribution in [0.3, 0.4) is 0 Å². The highest BCUT2D eigenvalue weighted by Gasteiger charge is 2.31. The van der Waals surface area contributed by atoms with E-state index in [4.69, 9.17) is 9.47 Å². The Labute approximate surface area is 160 Å². The largest absolute Gasteiger partial charge is 0.459 e. The van der Waals surface area contributed by atoms with Gasteiger partial charge in [-0.2, -0.15) is 0 Å². The van der Waals surface area contributed by atoms with Gasteiger partial charge in [-0.15, -0.1) is 0 Å². The molecule has 27 heavy (non-hydrogen) atoms. The summed E-state index contributed by atoms with van der Waals surface area (Å²) in [4.78, 5) is 26.5. The summed E-state index contributed by atoms with van der Waals surface area (Å²) in [6.07, 6.45) is -0.204. The molecule has 0 N–H and O–H groups in total. The molecule has 144 valence electrons. The van der Waals surface area contributed by atoms with Crippen LogP contribution in [0.5, 0.6) is 0 Å². The number of carbonyl (C=O) groups excluding carboxylic acids is 2. The Morgan fingerprint density at radius 3 is 1.96 bits per heavy atom. The van der Waals surface area contributed by atoms with Crippen molar-refractivity contribution >= 4 is 12.1 Å². The van der Waals surface area contributed by atoms with Crippen LogP contribution < -0.4 is 0 Å². The van der Waals surface area contributed by atoms with Crippen molar-refractivity contribution in [2.24, 2.45) is 0 Å². The number of ether oxygens (including phenoxy) is 2. The highest BCUT2D eigenvalue weighted by molar-refractivity contribution is 5.81. The summed E-state index contributed by atoms with van der Waals surface area (Å²) >= 11 is 0. The molecule has 0 saturated heterocycles. The standard InChI is InChI=1S/C22H27NO4/c1-22(2,3)27-21(25)23(4)19(15-17-11-7-5-8-12-17)20(24)26-16-18-13-9-6-10-14-18/h5-14,19H,15-16H2,1-4H3/t19-/m0/s1. The van der Waals surface area contributed by atoms with Crippen LogP contribution in [0.4, 0.5) is 4.79 Å². The highest BCUT2D eigenvalue weighted by atomic mass is 16.6. The van der Waals surface area contributed by atoms with Crippen molar-refractivity contribution in [2.75, 3.05) is 7.05 Å². The molecule has 1 atom stereocenters. The number of benzene rings is 2. The lowest BCUT2D eigenvalue weighted by Crippen LogP contribution is -2.46. The van der Waals surface area contributed by atoms with Crippen LogP contribution in [-0.4, -0.2) is 35.7 Å². The zero-order valence-electron chi connectivity index (χ0n) is 16.3. The van der Waals surface area contributed by atoms with Gasteiger partial charge < -0.3 is 9.47 Å². The second-order valence-electron chi connectivity index (χ2n) is 7.39. The van der Waals surface area contributed by atoms with E-state index in [2.05, 4.69) is 0 Å². The number of amides is 1. The molecule has 2 aromatic rings. The number of hydrogen-bond acceptors (Lipinski definition) is 4. The van der Waals surface area contributed by atoms with Crippen LogP contribution in [0.2, 0.25) is 0 Å². The summed E-state index contributed by atoms with van der Waals surface area (Å²) < 4.78 is 10.9. The Bertz CT molecular complexity index is 738. The first-order valence-corrected chi connectivity index (χ1v) is 8.96. The number of rotatable bonds is 6. The van der Waals surface area contributed by atoms with E-state index in [0.29, 0.717) is 6.42 Å². The maximum atomic E-state index is 12.8. The Hall–Kier alpha value is -2.82. The first kappa shape index (κ1) is 20.5. The molecule has 0 aliphatic heterocycles. The molecule has 0 heterocycles. The molecule has 0 aliphatic carbocycles. The number of likely N-dealkylation sites (N-methyl/N-ethyl adjacent to an activating group) is 1. The van der Waals surface area contributed by atoms with Crippen molar-refractivity contribution in [2.45, 2.75) is 45.4 Å². The van der Waals surface area contributed by atoms with Gasteiger partial charge in [0, 0.05) is 13.5 Å². The van der Waals surface area contributed by atoms with Gasteiger partial charge >= 0.3 is 12.1 Å². The zero-order valence-corrected chi connectivity index (χ0v) is 16.3. The molecular weight excluding hydrogens is 342 g/mol. The minimum atomic E-state index is -0.772. The molecule has 0 saturated carbocycles. The van der Waals surface area contributed by atoms with Crippen LogP contribution in [0.25, 0.3) is 0 Å². The quantitative estimate of drug-likeness (QED) is 0.716. The maximum Gasteiger partial charge on any atom is 0.410 e. The van der Waals surface area contributed by atoms with E-state index in [0.717, 1.165) is 11.1 Å². The molecule has 2 aromatic carbocycles. The summed E-state index contributed by atoms with van der Waals surface area (Å²) in [5, 5.41) is 0. The molecule has 0 aromatic heterocycles. The summed E-state index contributed by atoms with van der Waals surface area (Å²) in [6.45, 7) is 5.53. The van der Waals surface area contributed by atoms with E-state index in [1.807, 2.05) is 60.7 Å². The van der Waals surface area contributed by atoms with Gasteiger partial charge in [-0.1, -0.05) is 60.7 Å². The molecule has 0 bridgehead atoms. The minimum Gasteiger partial charge on any atom is -0.459 e. The molecule has 0 fully saturated rings. The fourth-order valence-electron chi connectivity index (χ4n) is 2.50. The monoisotopic (exact) mass is 369 g/mol. The molecule has 0 aliphatic rings. The average Bonchev–Trinajstić information content (AvgIpc) is 2.64. The van der Waals surface area contributed by atoms with Crippen molar-refractivity contribution in [3.8, 4) is 0 Å². The molecule has 1 amide bonds. The molecule has 0 spiro atoms.